The van der Waals surface area contributed by atoms with Gasteiger partial charge in [0, 0.05) is 17.3 Å². The lowest BCUT2D eigenvalue weighted by Gasteiger charge is -2.41. The average molecular weight is 324 g/mol. The average Bonchev–Trinajstić information content (AvgIpc) is 3.29. The van der Waals surface area contributed by atoms with Crippen LogP contribution < -0.4 is 10.6 Å². The molecule has 3 N–H and O–H groups in total. The lowest BCUT2D eigenvalue weighted by atomic mass is 9.75. The molecule has 3 rings (SSSR count). The first kappa shape index (κ1) is 15.9. The van der Waals surface area contributed by atoms with Gasteiger partial charge in [-0.05, 0) is 50.3 Å². The topological polar surface area (TPSA) is 78.4 Å². The fourth-order valence-corrected chi connectivity index (χ4v) is 2.51. The summed E-state index contributed by atoms with van der Waals surface area (Å²) in [5.41, 5.74) is -1.67. The summed E-state index contributed by atoms with van der Waals surface area (Å²) >= 11 is 0. The lowest BCUT2D eigenvalue weighted by molar-refractivity contribution is -0.212. The second kappa shape index (κ2) is 5.56. The van der Waals surface area contributed by atoms with Gasteiger partial charge in [0.1, 0.15) is 5.60 Å². The van der Waals surface area contributed by atoms with Crippen molar-refractivity contribution in [3.63, 3.8) is 0 Å². The van der Waals surface area contributed by atoms with E-state index in [0.29, 0.717) is 12.1 Å². The third kappa shape index (κ3) is 3.06. The molecule has 1 aromatic carbocycles. The molecule has 7 heteroatoms. The van der Waals surface area contributed by atoms with Crippen molar-refractivity contribution in [2.24, 2.45) is 5.92 Å². The number of hydrogen-bond donors (Lipinski definition) is 3. The molecule has 0 heterocycles. The number of anilines is 2. The zero-order valence-electron chi connectivity index (χ0n) is 12.4. The van der Waals surface area contributed by atoms with Gasteiger partial charge in [0.2, 0.25) is 5.91 Å². The number of aliphatic hydroxyl groups is 1. The summed E-state index contributed by atoms with van der Waals surface area (Å²) in [5, 5.41) is 14.6. The second-order valence-electron chi connectivity index (χ2n) is 6.26. The van der Waals surface area contributed by atoms with Crippen molar-refractivity contribution >= 4 is 23.2 Å². The number of halogens is 2. The van der Waals surface area contributed by atoms with Crippen molar-refractivity contribution in [2.75, 3.05) is 10.6 Å². The van der Waals surface area contributed by atoms with Gasteiger partial charge in [0.15, 0.2) is 0 Å². The van der Waals surface area contributed by atoms with E-state index in [4.69, 9.17) is 0 Å². The zero-order chi connectivity index (χ0) is 16.7. The lowest BCUT2D eigenvalue weighted by Crippen LogP contribution is -2.59. The molecule has 0 aliphatic heterocycles. The van der Waals surface area contributed by atoms with E-state index in [1.807, 2.05) is 0 Å². The predicted molar refractivity (Wildman–Crippen MR) is 80.2 cm³/mol. The summed E-state index contributed by atoms with van der Waals surface area (Å²) in [6.07, 6.45) is 2.00. The van der Waals surface area contributed by atoms with Crippen molar-refractivity contribution < 1.29 is 23.5 Å². The van der Waals surface area contributed by atoms with Gasteiger partial charge in [-0.3, -0.25) is 9.59 Å². The Kier molecular flexibility index (Phi) is 3.83. The molecule has 0 radical (unpaired) electrons. The predicted octanol–water partition coefficient (Wildman–Crippen LogP) is 2.52. The summed E-state index contributed by atoms with van der Waals surface area (Å²) in [7, 11) is 0. The van der Waals surface area contributed by atoms with E-state index in [1.165, 1.54) is 12.1 Å². The van der Waals surface area contributed by atoms with E-state index >= 15 is 0 Å². The highest BCUT2D eigenvalue weighted by Crippen LogP contribution is 2.44. The molecule has 0 unspecified atom stereocenters. The molecule has 0 spiro atoms. The number of hydrogen-bond acceptors (Lipinski definition) is 3. The molecule has 1 aromatic rings. The molecule has 0 bridgehead atoms. The van der Waals surface area contributed by atoms with Crippen LogP contribution in [-0.4, -0.2) is 28.4 Å². The van der Waals surface area contributed by atoms with Gasteiger partial charge in [-0.1, -0.05) is 6.07 Å². The molecule has 0 saturated heterocycles. The van der Waals surface area contributed by atoms with Crippen LogP contribution in [0.3, 0.4) is 0 Å². The van der Waals surface area contributed by atoms with Crippen molar-refractivity contribution in [3.05, 3.63) is 24.3 Å². The van der Waals surface area contributed by atoms with Crippen molar-refractivity contribution in [1.29, 1.82) is 0 Å². The summed E-state index contributed by atoms with van der Waals surface area (Å²) < 4.78 is 28.1. The largest absolute Gasteiger partial charge is 0.383 e. The monoisotopic (exact) mass is 324 g/mol. The van der Waals surface area contributed by atoms with Gasteiger partial charge in [-0.25, -0.2) is 0 Å². The fraction of sp³-hybridized carbons (Fsp3) is 0.500. The van der Waals surface area contributed by atoms with Crippen LogP contribution in [0.4, 0.5) is 20.2 Å². The van der Waals surface area contributed by atoms with Crippen LogP contribution in [0.25, 0.3) is 0 Å². The highest BCUT2D eigenvalue weighted by molar-refractivity contribution is 5.98. The number of carbonyl (C=O) groups is 2. The summed E-state index contributed by atoms with van der Waals surface area (Å²) in [5.74, 6) is -5.48. The molecule has 0 aromatic heterocycles. The van der Waals surface area contributed by atoms with Crippen LogP contribution in [0.2, 0.25) is 0 Å². The number of alkyl halides is 2. The minimum atomic E-state index is -3.85. The number of nitrogens with one attached hydrogen (secondary N) is 2. The fourth-order valence-electron chi connectivity index (χ4n) is 2.51. The van der Waals surface area contributed by atoms with E-state index in [1.54, 1.807) is 12.1 Å². The Bertz CT molecular complexity index is 640. The normalized spacial score (nSPS) is 19.6. The van der Waals surface area contributed by atoms with E-state index in [-0.39, 0.29) is 30.4 Å². The van der Waals surface area contributed by atoms with Gasteiger partial charge >= 0.3 is 5.92 Å². The molecule has 5 nitrogen and oxygen atoms in total. The maximum Gasteiger partial charge on any atom is 0.352 e. The first-order chi connectivity index (χ1) is 10.8. The molecule has 2 aliphatic rings. The smallest absolute Gasteiger partial charge is 0.352 e. The highest BCUT2D eigenvalue weighted by atomic mass is 19.3. The van der Waals surface area contributed by atoms with Crippen molar-refractivity contribution in [2.45, 2.75) is 43.6 Å². The van der Waals surface area contributed by atoms with E-state index in [2.05, 4.69) is 10.6 Å². The zero-order valence-corrected chi connectivity index (χ0v) is 12.4. The van der Waals surface area contributed by atoms with Crippen LogP contribution in [0.15, 0.2) is 24.3 Å². The molecule has 2 saturated carbocycles. The van der Waals surface area contributed by atoms with Crippen LogP contribution >= 0.6 is 0 Å². The first-order valence-corrected chi connectivity index (χ1v) is 7.64. The molecule has 23 heavy (non-hydrogen) atoms. The number of carbonyl (C=O) groups excluding carboxylic acids is 2. The van der Waals surface area contributed by atoms with Crippen LogP contribution in [0.5, 0.6) is 0 Å². The number of rotatable bonds is 5. The first-order valence-electron chi connectivity index (χ1n) is 7.64. The Morgan fingerprint density at radius 3 is 2.30 bits per heavy atom. The SMILES string of the molecule is O=C(Nc1cccc(NC(=O)C(F)(F)C2(O)CCC2)c1)C1CC1. The van der Waals surface area contributed by atoms with Gasteiger partial charge in [-0.2, -0.15) is 8.78 Å². The molecule has 2 aliphatic carbocycles. The van der Waals surface area contributed by atoms with Crippen LogP contribution in [0, 0.1) is 5.92 Å². The van der Waals surface area contributed by atoms with Crippen LogP contribution in [0.1, 0.15) is 32.1 Å². The summed E-state index contributed by atoms with van der Waals surface area (Å²) in [4.78, 5) is 23.5. The van der Waals surface area contributed by atoms with Gasteiger partial charge < -0.3 is 15.7 Å². The Morgan fingerprint density at radius 1 is 1.17 bits per heavy atom. The Morgan fingerprint density at radius 2 is 1.78 bits per heavy atom. The Hall–Kier alpha value is -2.02. The van der Waals surface area contributed by atoms with Gasteiger partial charge in [0.25, 0.3) is 5.91 Å². The third-order valence-corrected chi connectivity index (χ3v) is 4.39. The Balaban J connectivity index is 1.67. The second-order valence-corrected chi connectivity index (χ2v) is 6.26. The minimum absolute atomic E-state index is 0.0189. The minimum Gasteiger partial charge on any atom is -0.383 e. The van der Waals surface area contributed by atoms with Gasteiger partial charge in [-0.15, -0.1) is 0 Å². The van der Waals surface area contributed by atoms with Gasteiger partial charge in [0.05, 0.1) is 0 Å². The number of benzene rings is 1. The van der Waals surface area contributed by atoms with E-state index in [0.717, 1.165) is 12.8 Å². The van der Waals surface area contributed by atoms with E-state index < -0.39 is 17.4 Å². The standard InChI is InChI=1S/C16H18F2N2O3/c17-16(18,15(23)7-2-8-15)14(22)20-12-4-1-3-11(9-12)19-13(21)10-5-6-10/h1,3-4,9-10,23H,2,5-8H2,(H,19,21)(H,20,22). The molecular formula is C16H18F2N2O3. The van der Waals surface area contributed by atoms with Crippen molar-refractivity contribution in [3.8, 4) is 0 Å². The van der Waals surface area contributed by atoms with Crippen LogP contribution in [-0.2, 0) is 9.59 Å². The Labute approximate surface area is 132 Å². The highest BCUT2D eigenvalue weighted by Gasteiger charge is 2.61. The quantitative estimate of drug-likeness (QED) is 0.779. The third-order valence-electron chi connectivity index (χ3n) is 4.39. The molecule has 2 amide bonds. The molecular weight excluding hydrogens is 306 g/mol. The maximum absolute atomic E-state index is 14.0. The van der Waals surface area contributed by atoms with Crippen molar-refractivity contribution in [1.82, 2.24) is 0 Å². The molecule has 124 valence electrons. The maximum atomic E-state index is 14.0. The molecule has 2 fully saturated rings. The summed E-state index contributed by atoms with van der Waals surface area (Å²) in [6.45, 7) is 0. The van der Waals surface area contributed by atoms with E-state index in [9.17, 15) is 23.5 Å². The summed E-state index contributed by atoms with van der Waals surface area (Å²) in [6, 6.07) is 6.03. The number of amides is 2. The molecule has 0 atom stereocenters.